The lowest BCUT2D eigenvalue weighted by molar-refractivity contribution is 0.102. The number of amides is 1. The van der Waals surface area contributed by atoms with Crippen molar-refractivity contribution in [1.29, 1.82) is 0 Å². The molecule has 2 aromatic carbocycles. The highest BCUT2D eigenvalue weighted by atomic mass is 35.5. The molecule has 23 heavy (non-hydrogen) atoms. The summed E-state index contributed by atoms with van der Waals surface area (Å²) in [7, 11) is -3.61. The number of halogens is 3. The number of sulfonamides is 1. The fourth-order valence-electron chi connectivity index (χ4n) is 1.77. The molecule has 0 saturated heterocycles. The van der Waals surface area contributed by atoms with Gasteiger partial charge in [0.05, 0.1) is 17.5 Å². The third-order valence-corrected chi connectivity index (χ3v) is 3.52. The number of carbonyl (C=O) groups is 1. The second kappa shape index (κ2) is 6.51. The van der Waals surface area contributed by atoms with Crippen molar-refractivity contribution in [3.8, 4) is 0 Å². The summed E-state index contributed by atoms with van der Waals surface area (Å²) < 4.78 is 50.9. The molecule has 0 atom stereocenters. The van der Waals surface area contributed by atoms with E-state index >= 15 is 0 Å². The maximum atomic E-state index is 13.2. The van der Waals surface area contributed by atoms with Gasteiger partial charge < -0.3 is 5.32 Å². The van der Waals surface area contributed by atoms with Gasteiger partial charge in [0, 0.05) is 16.8 Å². The summed E-state index contributed by atoms with van der Waals surface area (Å²) in [5.74, 6) is -2.90. The van der Waals surface area contributed by atoms with E-state index in [1.807, 2.05) is 0 Å². The molecule has 122 valence electrons. The number of anilines is 2. The third kappa shape index (κ3) is 4.64. The van der Waals surface area contributed by atoms with Crippen LogP contribution in [-0.4, -0.2) is 20.6 Å². The number of carbonyl (C=O) groups excluding carboxylic acids is 1. The van der Waals surface area contributed by atoms with Gasteiger partial charge in [-0.05, 0) is 30.3 Å². The lowest BCUT2D eigenvalue weighted by atomic mass is 10.1. The van der Waals surface area contributed by atoms with Crippen LogP contribution in [0.4, 0.5) is 20.2 Å². The van der Waals surface area contributed by atoms with Crippen LogP contribution in [-0.2, 0) is 10.0 Å². The molecule has 1 amide bonds. The lowest BCUT2D eigenvalue weighted by Crippen LogP contribution is -2.17. The molecule has 2 rings (SSSR count). The predicted octanol–water partition coefficient (Wildman–Crippen LogP) is 3.24. The van der Waals surface area contributed by atoms with Gasteiger partial charge >= 0.3 is 0 Å². The number of hydrogen-bond donors (Lipinski definition) is 2. The van der Waals surface area contributed by atoms with Gasteiger partial charge in [-0.3, -0.25) is 9.52 Å². The Balaban J connectivity index is 2.34. The summed E-state index contributed by atoms with van der Waals surface area (Å²) in [4.78, 5) is 12.2. The minimum absolute atomic E-state index is 0.0111. The number of rotatable bonds is 4. The van der Waals surface area contributed by atoms with E-state index in [0.717, 1.165) is 18.4 Å². The van der Waals surface area contributed by atoms with Crippen molar-refractivity contribution in [3.05, 3.63) is 58.6 Å². The van der Waals surface area contributed by atoms with Crippen molar-refractivity contribution in [2.75, 3.05) is 16.3 Å². The maximum absolute atomic E-state index is 13.2. The van der Waals surface area contributed by atoms with Crippen LogP contribution in [0.25, 0.3) is 0 Å². The molecular weight excluding hydrogens is 350 g/mol. The van der Waals surface area contributed by atoms with Crippen molar-refractivity contribution in [2.24, 2.45) is 0 Å². The van der Waals surface area contributed by atoms with E-state index in [0.29, 0.717) is 0 Å². The van der Waals surface area contributed by atoms with Crippen LogP contribution in [0, 0.1) is 11.6 Å². The SMILES string of the molecule is CS(=O)(=O)Nc1ccc(Cl)cc1C(=O)Nc1ccc(F)c(F)c1. The van der Waals surface area contributed by atoms with E-state index < -0.39 is 27.6 Å². The average molecular weight is 361 g/mol. The molecule has 0 aromatic heterocycles. The van der Waals surface area contributed by atoms with Crippen LogP contribution in [0.3, 0.4) is 0 Å². The highest BCUT2D eigenvalue weighted by Gasteiger charge is 2.16. The minimum atomic E-state index is -3.61. The summed E-state index contributed by atoms with van der Waals surface area (Å²) in [5.41, 5.74) is -0.0381. The lowest BCUT2D eigenvalue weighted by Gasteiger charge is -2.12. The third-order valence-electron chi connectivity index (χ3n) is 2.70. The summed E-state index contributed by atoms with van der Waals surface area (Å²) in [6, 6.07) is 6.82. The zero-order chi connectivity index (χ0) is 17.2. The largest absolute Gasteiger partial charge is 0.322 e. The average Bonchev–Trinajstić information content (AvgIpc) is 2.43. The van der Waals surface area contributed by atoms with E-state index in [-0.39, 0.29) is 22.0 Å². The number of benzene rings is 2. The summed E-state index contributed by atoms with van der Waals surface area (Å²) in [5, 5.41) is 2.55. The molecule has 0 heterocycles. The van der Waals surface area contributed by atoms with Gasteiger partial charge in [0.15, 0.2) is 11.6 Å². The van der Waals surface area contributed by atoms with Gasteiger partial charge in [0.2, 0.25) is 10.0 Å². The van der Waals surface area contributed by atoms with Gasteiger partial charge in [-0.15, -0.1) is 0 Å². The zero-order valence-corrected chi connectivity index (χ0v) is 13.3. The summed E-state index contributed by atoms with van der Waals surface area (Å²) in [6.07, 6.45) is 0.929. The molecule has 9 heteroatoms. The van der Waals surface area contributed by atoms with E-state index in [9.17, 15) is 22.0 Å². The fourth-order valence-corrected chi connectivity index (χ4v) is 2.51. The van der Waals surface area contributed by atoms with Crippen LogP contribution < -0.4 is 10.0 Å². The molecule has 0 unspecified atom stereocenters. The maximum Gasteiger partial charge on any atom is 0.257 e. The standard InChI is InChI=1S/C14H11ClF2N2O3S/c1-23(21,22)19-13-5-2-8(15)6-10(13)14(20)18-9-3-4-11(16)12(17)7-9/h2-7,19H,1H3,(H,18,20). The van der Waals surface area contributed by atoms with Crippen molar-refractivity contribution >= 4 is 38.9 Å². The molecule has 0 bridgehead atoms. The second-order valence-electron chi connectivity index (χ2n) is 4.65. The second-order valence-corrected chi connectivity index (χ2v) is 6.83. The molecule has 0 radical (unpaired) electrons. The monoisotopic (exact) mass is 360 g/mol. The topological polar surface area (TPSA) is 75.3 Å². The van der Waals surface area contributed by atoms with Crippen molar-refractivity contribution < 1.29 is 22.0 Å². The predicted molar refractivity (Wildman–Crippen MR) is 84.2 cm³/mol. The van der Waals surface area contributed by atoms with Gasteiger partial charge in [-0.25, -0.2) is 17.2 Å². The van der Waals surface area contributed by atoms with E-state index in [1.165, 1.54) is 24.3 Å². The summed E-state index contributed by atoms with van der Waals surface area (Å²) in [6.45, 7) is 0. The number of hydrogen-bond acceptors (Lipinski definition) is 3. The van der Waals surface area contributed by atoms with Gasteiger partial charge in [-0.2, -0.15) is 0 Å². The highest BCUT2D eigenvalue weighted by Crippen LogP contribution is 2.23. The Morgan fingerprint density at radius 1 is 1.09 bits per heavy atom. The first-order valence-electron chi connectivity index (χ1n) is 6.19. The molecular formula is C14H11ClF2N2O3S. The molecule has 0 spiro atoms. The van der Waals surface area contributed by atoms with Crippen LogP contribution in [0.15, 0.2) is 36.4 Å². The minimum Gasteiger partial charge on any atom is -0.322 e. The van der Waals surface area contributed by atoms with Gasteiger partial charge in [-0.1, -0.05) is 11.6 Å². The van der Waals surface area contributed by atoms with Crippen LogP contribution in [0.2, 0.25) is 5.02 Å². The van der Waals surface area contributed by atoms with E-state index in [1.54, 1.807) is 0 Å². The first kappa shape index (κ1) is 17.2. The Bertz CT molecular complexity index is 872. The normalized spacial score (nSPS) is 11.1. The van der Waals surface area contributed by atoms with Crippen LogP contribution in [0.1, 0.15) is 10.4 Å². The zero-order valence-electron chi connectivity index (χ0n) is 11.7. The van der Waals surface area contributed by atoms with E-state index in [4.69, 9.17) is 11.6 Å². The number of nitrogens with one attached hydrogen (secondary N) is 2. The Hall–Kier alpha value is -2.19. The molecule has 0 aliphatic heterocycles. The van der Waals surface area contributed by atoms with Crippen molar-refractivity contribution in [2.45, 2.75) is 0 Å². The Labute approximate surface area is 136 Å². The molecule has 0 aliphatic carbocycles. The summed E-state index contributed by atoms with van der Waals surface area (Å²) >= 11 is 5.81. The Kier molecular flexibility index (Phi) is 4.86. The molecule has 0 aliphatic rings. The van der Waals surface area contributed by atoms with Gasteiger partial charge in [0.1, 0.15) is 0 Å². The molecule has 2 aromatic rings. The first-order chi connectivity index (χ1) is 10.7. The molecule has 0 fully saturated rings. The van der Waals surface area contributed by atoms with E-state index in [2.05, 4.69) is 10.0 Å². The molecule has 0 saturated carbocycles. The van der Waals surface area contributed by atoms with Gasteiger partial charge in [0.25, 0.3) is 5.91 Å². The van der Waals surface area contributed by atoms with Crippen LogP contribution >= 0.6 is 11.6 Å². The molecule has 5 nitrogen and oxygen atoms in total. The first-order valence-corrected chi connectivity index (χ1v) is 8.46. The Morgan fingerprint density at radius 3 is 2.39 bits per heavy atom. The van der Waals surface area contributed by atoms with Crippen molar-refractivity contribution in [3.63, 3.8) is 0 Å². The molecule has 2 N–H and O–H groups in total. The van der Waals surface area contributed by atoms with Crippen molar-refractivity contribution in [1.82, 2.24) is 0 Å². The smallest absolute Gasteiger partial charge is 0.257 e. The quantitative estimate of drug-likeness (QED) is 0.878. The van der Waals surface area contributed by atoms with Crippen LogP contribution in [0.5, 0.6) is 0 Å². The fraction of sp³-hybridized carbons (Fsp3) is 0.0714. The Morgan fingerprint density at radius 2 is 1.78 bits per heavy atom. The highest BCUT2D eigenvalue weighted by molar-refractivity contribution is 7.92.